The van der Waals surface area contributed by atoms with E-state index in [0.717, 1.165) is 16.9 Å². The highest BCUT2D eigenvalue weighted by molar-refractivity contribution is 5.90. The number of fused-ring (bicyclic) bond motifs is 1. The normalized spacial score (nSPS) is 11.3. The van der Waals surface area contributed by atoms with Gasteiger partial charge in [-0.25, -0.2) is 9.36 Å². The molecule has 0 aliphatic heterocycles. The Balaban J connectivity index is 1.81. The first-order chi connectivity index (χ1) is 14.8. The van der Waals surface area contributed by atoms with Gasteiger partial charge in [0.05, 0.1) is 17.6 Å². The number of hydrogen-bond donors (Lipinski definition) is 1. The monoisotopic (exact) mass is 415 g/mol. The predicted octanol–water partition coefficient (Wildman–Crippen LogP) is 3.96. The number of benzene rings is 2. The number of aromatic nitrogens is 4. The summed E-state index contributed by atoms with van der Waals surface area (Å²) in [6.45, 7) is 7.90. The zero-order chi connectivity index (χ0) is 22.1. The Morgan fingerprint density at radius 1 is 1.06 bits per heavy atom. The predicted molar refractivity (Wildman–Crippen MR) is 122 cm³/mol. The lowest BCUT2D eigenvalue weighted by atomic mass is 10.1. The van der Waals surface area contributed by atoms with Crippen LogP contribution in [0.4, 0.5) is 5.69 Å². The zero-order valence-electron chi connectivity index (χ0n) is 18.1. The fourth-order valence-corrected chi connectivity index (χ4v) is 3.54. The van der Waals surface area contributed by atoms with Crippen LogP contribution in [0, 0.1) is 13.8 Å². The molecule has 158 valence electrons. The number of anilines is 1. The molecule has 0 fully saturated rings. The third-order valence-corrected chi connectivity index (χ3v) is 5.34. The Morgan fingerprint density at radius 2 is 1.81 bits per heavy atom. The second kappa shape index (κ2) is 8.18. The first kappa shape index (κ1) is 20.5. The summed E-state index contributed by atoms with van der Waals surface area (Å²) >= 11 is 0. The van der Waals surface area contributed by atoms with Crippen LogP contribution >= 0.6 is 0 Å². The quantitative estimate of drug-likeness (QED) is 0.535. The highest BCUT2D eigenvalue weighted by Gasteiger charge is 2.20. The molecule has 4 aromatic rings. The molecule has 0 radical (unpaired) electrons. The Hall–Kier alpha value is -3.74. The Labute approximate surface area is 180 Å². The Morgan fingerprint density at radius 3 is 2.48 bits per heavy atom. The third-order valence-electron chi connectivity index (χ3n) is 5.34. The van der Waals surface area contributed by atoms with Crippen molar-refractivity contribution in [3.8, 4) is 5.69 Å². The minimum atomic E-state index is -0.349. The zero-order valence-corrected chi connectivity index (χ0v) is 18.1. The third kappa shape index (κ3) is 3.99. The molecule has 0 saturated carbocycles. The fourth-order valence-electron chi connectivity index (χ4n) is 3.54. The number of carbonyl (C=O) groups is 1. The molecule has 2 heterocycles. The van der Waals surface area contributed by atoms with Crippen LogP contribution in [0.1, 0.15) is 36.6 Å². The molecule has 1 N–H and O–H groups in total. The minimum Gasteiger partial charge on any atom is -0.324 e. The van der Waals surface area contributed by atoms with E-state index in [9.17, 15) is 9.59 Å². The second-order valence-electron chi connectivity index (χ2n) is 8.00. The van der Waals surface area contributed by atoms with E-state index in [1.165, 1.54) is 10.2 Å². The summed E-state index contributed by atoms with van der Waals surface area (Å²) in [5, 5.41) is 12.5. The van der Waals surface area contributed by atoms with Gasteiger partial charge in [0.25, 0.3) is 5.56 Å². The standard InChI is InChI=1S/C24H25N5O2/c1-15(2)22-20-13-25-29(19-11-10-16(3)17(4)12-19)23(20)24(31)28(27-22)14-21(30)26-18-8-6-5-7-9-18/h5-13,15H,14H2,1-4H3,(H,26,30). The van der Waals surface area contributed by atoms with Gasteiger partial charge < -0.3 is 5.32 Å². The minimum absolute atomic E-state index is 0.0592. The van der Waals surface area contributed by atoms with Crippen molar-refractivity contribution < 1.29 is 4.79 Å². The van der Waals surface area contributed by atoms with Crippen LogP contribution in [0.5, 0.6) is 0 Å². The van der Waals surface area contributed by atoms with Gasteiger partial charge in [0.1, 0.15) is 12.1 Å². The molecule has 31 heavy (non-hydrogen) atoms. The first-order valence-corrected chi connectivity index (χ1v) is 10.3. The van der Waals surface area contributed by atoms with Crippen LogP contribution in [0.3, 0.4) is 0 Å². The lowest BCUT2D eigenvalue weighted by Gasteiger charge is -2.13. The molecule has 2 aromatic heterocycles. The maximum absolute atomic E-state index is 13.4. The summed E-state index contributed by atoms with van der Waals surface area (Å²) < 4.78 is 2.87. The van der Waals surface area contributed by atoms with Gasteiger partial charge >= 0.3 is 0 Å². The maximum atomic E-state index is 13.4. The van der Waals surface area contributed by atoms with Crippen molar-refractivity contribution in [1.29, 1.82) is 0 Å². The lowest BCUT2D eigenvalue weighted by Crippen LogP contribution is -2.31. The smallest absolute Gasteiger partial charge is 0.293 e. The number of rotatable bonds is 5. The molecule has 0 atom stereocenters. The van der Waals surface area contributed by atoms with Crippen LogP contribution in [-0.2, 0) is 11.3 Å². The van der Waals surface area contributed by atoms with Crippen LogP contribution in [0.15, 0.2) is 59.5 Å². The van der Waals surface area contributed by atoms with Crippen molar-refractivity contribution in [2.45, 2.75) is 40.2 Å². The van der Waals surface area contributed by atoms with Crippen molar-refractivity contribution in [2.75, 3.05) is 5.32 Å². The van der Waals surface area contributed by atoms with E-state index < -0.39 is 0 Å². The number of carbonyl (C=O) groups excluding carboxylic acids is 1. The highest BCUT2D eigenvalue weighted by atomic mass is 16.2. The van der Waals surface area contributed by atoms with E-state index in [-0.39, 0.29) is 23.9 Å². The molecular formula is C24H25N5O2. The SMILES string of the molecule is Cc1ccc(-n2ncc3c(C(C)C)nn(CC(=O)Nc4ccccc4)c(=O)c32)cc1C. The number of nitrogens with one attached hydrogen (secondary N) is 1. The van der Waals surface area contributed by atoms with Gasteiger partial charge in [-0.2, -0.15) is 10.2 Å². The summed E-state index contributed by atoms with van der Waals surface area (Å²) in [4.78, 5) is 26.0. The molecule has 7 nitrogen and oxygen atoms in total. The van der Waals surface area contributed by atoms with Crippen molar-refractivity contribution >= 4 is 22.5 Å². The molecule has 0 spiro atoms. The summed E-state index contributed by atoms with van der Waals surface area (Å²) in [6, 6.07) is 15.1. The summed E-state index contributed by atoms with van der Waals surface area (Å²) in [7, 11) is 0. The maximum Gasteiger partial charge on any atom is 0.293 e. The number of amides is 1. The van der Waals surface area contributed by atoms with Gasteiger partial charge in [-0.1, -0.05) is 38.1 Å². The van der Waals surface area contributed by atoms with Gasteiger partial charge in [0.15, 0.2) is 0 Å². The van der Waals surface area contributed by atoms with E-state index in [0.29, 0.717) is 16.6 Å². The lowest BCUT2D eigenvalue weighted by molar-refractivity contribution is -0.117. The summed E-state index contributed by atoms with van der Waals surface area (Å²) in [5.74, 6) is -0.254. The van der Waals surface area contributed by atoms with E-state index in [1.807, 2.05) is 64.1 Å². The molecule has 7 heteroatoms. The van der Waals surface area contributed by atoms with Gasteiger partial charge in [-0.15, -0.1) is 0 Å². The largest absolute Gasteiger partial charge is 0.324 e. The second-order valence-corrected chi connectivity index (χ2v) is 8.00. The molecule has 0 bridgehead atoms. The summed E-state index contributed by atoms with van der Waals surface area (Å²) in [5.41, 5.74) is 4.56. The number of hydrogen-bond acceptors (Lipinski definition) is 4. The van der Waals surface area contributed by atoms with Crippen LogP contribution in [-0.4, -0.2) is 25.5 Å². The van der Waals surface area contributed by atoms with Gasteiger partial charge in [-0.3, -0.25) is 9.59 Å². The van der Waals surface area contributed by atoms with Gasteiger partial charge in [0, 0.05) is 11.1 Å². The van der Waals surface area contributed by atoms with Crippen LogP contribution < -0.4 is 10.9 Å². The number of aryl methyl sites for hydroxylation is 2. The van der Waals surface area contributed by atoms with Gasteiger partial charge in [0.2, 0.25) is 5.91 Å². The van der Waals surface area contributed by atoms with E-state index in [1.54, 1.807) is 23.0 Å². The average Bonchev–Trinajstić information content (AvgIpc) is 3.18. The topological polar surface area (TPSA) is 81.8 Å². The highest BCUT2D eigenvalue weighted by Crippen LogP contribution is 2.24. The van der Waals surface area contributed by atoms with Crippen molar-refractivity contribution in [3.05, 3.63) is 81.9 Å². The fraction of sp³-hybridized carbons (Fsp3) is 0.250. The number of para-hydroxylation sites is 1. The van der Waals surface area contributed by atoms with Crippen molar-refractivity contribution in [1.82, 2.24) is 19.6 Å². The first-order valence-electron chi connectivity index (χ1n) is 10.3. The van der Waals surface area contributed by atoms with Crippen molar-refractivity contribution in [3.63, 3.8) is 0 Å². The molecule has 0 saturated heterocycles. The van der Waals surface area contributed by atoms with E-state index >= 15 is 0 Å². The average molecular weight is 415 g/mol. The van der Waals surface area contributed by atoms with Crippen LogP contribution in [0.2, 0.25) is 0 Å². The number of nitrogens with zero attached hydrogens (tertiary/aromatic N) is 4. The van der Waals surface area contributed by atoms with E-state index in [4.69, 9.17) is 0 Å². The van der Waals surface area contributed by atoms with E-state index in [2.05, 4.69) is 15.5 Å². The summed E-state index contributed by atoms with van der Waals surface area (Å²) in [6.07, 6.45) is 1.68. The Bertz CT molecular complexity index is 1320. The molecule has 1 amide bonds. The van der Waals surface area contributed by atoms with Crippen LogP contribution in [0.25, 0.3) is 16.6 Å². The molecule has 0 aliphatic carbocycles. The van der Waals surface area contributed by atoms with Crippen molar-refractivity contribution in [2.24, 2.45) is 0 Å². The van der Waals surface area contributed by atoms with Gasteiger partial charge in [-0.05, 0) is 55.2 Å². The Kier molecular flexibility index (Phi) is 5.42. The molecule has 2 aromatic carbocycles. The molecule has 4 rings (SSSR count). The molecule has 0 aliphatic rings. The molecule has 0 unspecified atom stereocenters. The molecular weight excluding hydrogens is 390 g/mol.